The number of hydrogen-bond acceptors (Lipinski definition) is 3. The summed E-state index contributed by atoms with van der Waals surface area (Å²) < 4.78 is 10.8. The number of para-hydroxylation sites is 1. The molecule has 3 heteroatoms. The van der Waals surface area contributed by atoms with Crippen molar-refractivity contribution in [3.8, 4) is 17.6 Å². The van der Waals surface area contributed by atoms with Crippen molar-refractivity contribution in [2.45, 2.75) is 6.42 Å². The predicted molar refractivity (Wildman–Crippen MR) is 83.4 cm³/mol. The van der Waals surface area contributed by atoms with Crippen molar-refractivity contribution in [3.05, 3.63) is 65.7 Å². The van der Waals surface area contributed by atoms with Crippen LogP contribution in [0.1, 0.15) is 11.1 Å². The standard InChI is InChI=1S/C19H16O3/c20-19(21-12-6-9-15-7-2-1-3-8-15)17-13-16-10-4-5-11-18(16)22-14-17/h1-5,7-8,10-11,17H,12-14H2. The van der Waals surface area contributed by atoms with Crippen molar-refractivity contribution >= 4 is 5.97 Å². The maximum atomic E-state index is 12.0. The molecular weight excluding hydrogens is 276 g/mol. The molecule has 0 spiro atoms. The van der Waals surface area contributed by atoms with E-state index >= 15 is 0 Å². The largest absolute Gasteiger partial charge is 0.492 e. The lowest BCUT2D eigenvalue weighted by molar-refractivity contribution is -0.148. The minimum Gasteiger partial charge on any atom is -0.492 e. The van der Waals surface area contributed by atoms with Crippen molar-refractivity contribution in [2.24, 2.45) is 5.92 Å². The molecule has 3 rings (SSSR count). The molecular formula is C19H16O3. The van der Waals surface area contributed by atoms with E-state index in [-0.39, 0.29) is 18.5 Å². The average molecular weight is 292 g/mol. The van der Waals surface area contributed by atoms with E-state index in [0.29, 0.717) is 13.0 Å². The Kier molecular flexibility index (Phi) is 4.41. The van der Waals surface area contributed by atoms with Crippen LogP contribution in [-0.4, -0.2) is 19.2 Å². The van der Waals surface area contributed by atoms with Gasteiger partial charge in [-0.2, -0.15) is 0 Å². The third kappa shape index (κ3) is 3.48. The molecule has 0 amide bonds. The van der Waals surface area contributed by atoms with Crippen LogP contribution in [-0.2, 0) is 16.0 Å². The zero-order valence-corrected chi connectivity index (χ0v) is 12.1. The fourth-order valence-electron chi connectivity index (χ4n) is 2.36. The Balaban J connectivity index is 1.52. The number of carbonyl (C=O) groups excluding carboxylic acids is 1. The Hall–Kier alpha value is -2.73. The Bertz CT molecular complexity index is 710. The first kappa shape index (κ1) is 14.2. The van der Waals surface area contributed by atoms with E-state index in [1.54, 1.807) is 0 Å². The van der Waals surface area contributed by atoms with Gasteiger partial charge in [0.15, 0.2) is 6.61 Å². The summed E-state index contributed by atoms with van der Waals surface area (Å²) in [5.74, 6) is 6.16. The molecule has 2 aromatic carbocycles. The Labute approximate surface area is 129 Å². The number of hydrogen-bond donors (Lipinski definition) is 0. The maximum Gasteiger partial charge on any atom is 0.313 e. The molecule has 0 radical (unpaired) electrons. The topological polar surface area (TPSA) is 35.5 Å². The average Bonchev–Trinajstić information content (AvgIpc) is 2.59. The highest BCUT2D eigenvalue weighted by Gasteiger charge is 2.26. The molecule has 0 saturated heterocycles. The molecule has 1 atom stereocenters. The molecule has 0 fully saturated rings. The van der Waals surface area contributed by atoms with Crippen molar-refractivity contribution in [2.75, 3.05) is 13.2 Å². The third-order valence-electron chi connectivity index (χ3n) is 3.51. The number of fused-ring (bicyclic) bond motifs is 1. The fraction of sp³-hybridized carbons (Fsp3) is 0.211. The van der Waals surface area contributed by atoms with Gasteiger partial charge in [0.2, 0.25) is 0 Å². The second-order valence-corrected chi connectivity index (χ2v) is 5.10. The first-order valence-corrected chi connectivity index (χ1v) is 7.24. The van der Waals surface area contributed by atoms with Crippen LogP contribution in [0.2, 0.25) is 0 Å². The van der Waals surface area contributed by atoms with Crippen LogP contribution in [0.4, 0.5) is 0 Å². The van der Waals surface area contributed by atoms with Crippen LogP contribution in [0, 0.1) is 17.8 Å². The molecule has 1 aliphatic heterocycles. The second kappa shape index (κ2) is 6.82. The molecule has 2 aromatic rings. The second-order valence-electron chi connectivity index (χ2n) is 5.10. The molecule has 0 saturated carbocycles. The van der Waals surface area contributed by atoms with Gasteiger partial charge in [-0.1, -0.05) is 48.2 Å². The number of ether oxygens (including phenoxy) is 2. The van der Waals surface area contributed by atoms with Gasteiger partial charge in [-0.15, -0.1) is 0 Å². The SMILES string of the molecule is O=C(OCC#Cc1ccccc1)C1COc2ccccc2C1. The summed E-state index contributed by atoms with van der Waals surface area (Å²) in [4.78, 5) is 12.0. The number of esters is 1. The highest BCUT2D eigenvalue weighted by atomic mass is 16.5. The molecule has 1 heterocycles. The van der Waals surface area contributed by atoms with Gasteiger partial charge in [0.25, 0.3) is 0 Å². The van der Waals surface area contributed by atoms with Crippen molar-refractivity contribution in [1.82, 2.24) is 0 Å². The smallest absolute Gasteiger partial charge is 0.313 e. The third-order valence-corrected chi connectivity index (χ3v) is 3.51. The highest BCUT2D eigenvalue weighted by molar-refractivity contribution is 5.73. The fourth-order valence-corrected chi connectivity index (χ4v) is 2.36. The quantitative estimate of drug-likeness (QED) is 0.631. The van der Waals surface area contributed by atoms with Crippen LogP contribution in [0.15, 0.2) is 54.6 Å². The minimum atomic E-state index is -0.256. The van der Waals surface area contributed by atoms with E-state index in [4.69, 9.17) is 9.47 Å². The Morgan fingerprint density at radius 3 is 2.77 bits per heavy atom. The molecule has 1 aliphatic rings. The minimum absolute atomic E-state index is 0.103. The van der Waals surface area contributed by atoms with Crippen LogP contribution in [0.3, 0.4) is 0 Å². The van der Waals surface area contributed by atoms with Crippen LogP contribution in [0.5, 0.6) is 5.75 Å². The predicted octanol–water partition coefficient (Wildman–Crippen LogP) is 2.83. The molecule has 0 bridgehead atoms. The summed E-state index contributed by atoms with van der Waals surface area (Å²) >= 11 is 0. The van der Waals surface area contributed by atoms with Crippen molar-refractivity contribution in [3.63, 3.8) is 0 Å². The molecule has 0 aromatic heterocycles. The molecule has 0 N–H and O–H groups in total. The van der Waals surface area contributed by atoms with E-state index in [1.807, 2.05) is 54.6 Å². The van der Waals surface area contributed by atoms with Gasteiger partial charge in [0.1, 0.15) is 12.4 Å². The lowest BCUT2D eigenvalue weighted by atomic mass is 9.97. The number of benzene rings is 2. The summed E-state index contributed by atoms with van der Waals surface area (Å²) in [6.45, 7) is 0.466. The lowest BCUT2D eigenvalue weighted by Crippen LogP contribution is -2.29. The molecule has 3 nitrogen and oxygen atoms in total. The lowest BCUT2D eigenvalue weighted by Gasteiger charge is -2.23. The molecule has 110 valence electrons. The van der Waals surface area contributed by atoms with Gasteiger partial charge < -0.3 is 9.47 Å². The van der Waals surface area contributed by atoms with Gasteiger partial charge >= 0.3 is 5.97 Å². The van der Waals surface area contributed by atoms with Crippen LogP contribution < -0.4 is 4.74 Å². The van der Waals surface area contributed by atoms with Gasteiger partial charge in [0.05, 0.1) is 5.92 Å². The Morgan fingerprint density at radius 2 is 1.91 bits per heavy atom. The monoisotopic (exact) mass is 292 g/mol. The van der Waals surface area contributed by atoms with Gasteiger partial charge in [-0.05, 0) is 30.2 Å². The van der Waals surface area contributed by atoms with Crippen molar-refractivity contribution < 1.29 is 14.3 Å². The number of rotatable bonds is 2. The maximum absolute atomic E-state index is 12.0. The van der Waals surface area contributed by atoms with Crippen LogP contribution in [0.25, 0.3) is 0 Å². The number of carbonyl (C=O) groups is 1. The van der Waals surface area contributed by atoms with Gasteiger partial charge in [0, 0.05) is 5.56 Å². The van der Waals surface area contributed by atoms with E-state index in [0.717, 1.165) is 16.9 Å². The summed E-state index contributed by atoms with van der Waals surface area (Å²) in [5, 5.41) is 0. The normalized spacial score (nSPS) is 15.7. The first-order chi connectivity index (χ1) is 10.8. The molecule has 1 unspecified atom stereocenters. The highest BCUT2D eigenvalue weighted by Crippen LogP contribution is 2.27. The van der Waals surface area contributed by atoms with Crippen molar-refractivity contribution in [1.29, 1.82) is 0 Å². The first-order valence-electron chi connectivity index (χ1n) is 7.24. The van der Waals surface area contributed by atoms with E-state index in [1.165, 1.54) is 0 Å². The zero-order chi connectivity index (χ0) is 15.2. The Morgan fingerprint density at radius 1 is 1.14 bits per heavy atom. The van der Waals surface area contributed by atoms with Gasteiger partial charge in [-0.3, -0.25) is 4.79 Å². The summed E-state index contributed by atoms with van der Waals surface area (Å²) in [5.41, 5.74) is 1.96. The van der Waals surface area contributed by atoms with Gasteiger partial charge in [-0.25, -0.2) is 0 Å². The zero-order valence-electron chi connectivity index (χ0n) is 12.1. The summed E-state index contributed by atoms with van der Waals surface area (Å²) in [7, 11) is 0. The van der Waals surface area contributed by atoms with E-state index < -0.39 is 0 Å². The van der Waals surface area contributed by atoms with E-state index in [9.17, 15) is 4.79 Å². The van der Waals surface area contributed by atoms with Crippen LogP contribution >= 0.6 is 0 Å². The molecule has 0 aliphatic carbocycles. The molecule has 22 heavy (non-hydrogen) atoms. The summed E-state index contributed by atoms with van der Waals surface area (Å²) in [6.07, 6.45) is 0.654. The van der Waals surface area contributed by atoms with E-state index in [2.05, 4.69) is 11.8 Å². The summed E-state index contributed by atoms with van der Waals surface area (Å²) in [6, 6.07) is 17.4.